The summed E-state index contributed by atoms with van der Waals surface area (Å²) >= 11 is 6.12. The number of hydrogen-bond acceptors (Lipinski definition) is 5. The Bertz CT molecular complexity index is 1020. The maximum Gasteiger partial charge on any atom is 0.311 e. The molecular weight excluding hydrogens is 408 g/mol. The van der Waals surface area contributed by atoms with Gasteiger partial charge in [0.2, 0.25) is 5.91 Å². The Kier molecular flexibility index (Phi) is 6.52. The molecule has 0 unspecified atom stereocenters. The molecule has 0 aromatic heterocycles. The number of nitrogens with zero attached hydrogens (tertiary/aromatic N) is 1. The molecule has 2 aromatic rings. The molecule has 0 spiro atoms. The number of carbonyl (C=O) groups is 4. The Morgan fingerprint density at radius 2 is 1.93 bits per heavy atom. The van der Waals surface area contributed by atoms with Crippen molar-refractivity contribution in [1.29, 1.82) is 0 Å². The van der Waals surface area contributed by atoms with Crippen molar-refractivity contribution in [1.82, 2.24) is 0 Å². The van der Waals surface area contributed by atoms with Gasteiger partial charge in [-0.15, -0.1) is 0 Å². The number of halogens is 1. The van der Waals surface area contributed by atoms with Crippen LogP contribution in [0.1, 0.15) is 29.3 Å². The number of carbonyl (C=O) groups excluding carboxylic acids is 4. The number of Topliss-reactive ketones (excluding diaryl/α,β-unsaturated/α-hetero) is 1. The third kappa shape index (κ3) is 4.86. The molecule has 3 rings (SSSR count). The SMILES string of the molecule is CC(=O)c1cccc(NC(=O)COC(=O)[C@H]2CC(=O)N(c3cccc(Cl)c3C)C2)c1. The second kappa shape index (κ2) is 9.09. The number of ether oxygens (including phenoxy) is 1. The Morgan fingerprint density at radius 1 is 1.20 bits per heavy atom. The molecule has 1 saturated heterocycles. The van der Waals surface area contributed by atoms with Crippen molar-refractivity contribution in [2.24, 2.45) is 5.92 Å². The van der Waals surface area contributed by atoms with Crippen molar-refractivity contribution in [3.05, 3.63) is 58.6 Å². The normalized spacial score (nSPS) is 15.8. The van der Waals surface area contributed by atoms with E-state index >= 15 is 0 Å². The molecule has 0 radical (unpaired) electrons. The van der Waals surface area contributed by atoms with Crippen molar-refractivity contribution in [2.45, 2.75) is 20.3 Å². The zero-order valence-electron chi connectivity index (χ0n) is 16.6. The lowest BCUT2D eigenvalue weighted by molar-refractivity contribution is -0.151. The van der Waals surface area contributed by atoms with Gasteiger partial charge in [-0.05, 0) is 43.7 Å². The minimum Gasteiger partial charge on any atom is -0.455 e. The quantitative estimate of drug-likeness (QED) is 0.562. The summed E-state index contributed by atoms with van der Waals surface area (Å²) in [4.78, 5) is 49.8. The van der Waals surface area contributed by atoms with Crippen molar-refractivity contribution in [2.75, 3.05) is 23.4 Å². The average molecular weight is 429 g/mol. The third-order valence-electron chi connectivity index (χ3n) is 4.89. The fourth-order valence-corrected chi connectivity index (χ4v) is 3.42. The van der Waals surface area contributed by atoms with Crippen LogP contribution in [0.5, 0.6) is 0 Å². The van der Waals surface area contributed by atoms with E-state index in [2.05, 4.69) is 5.32 Å². The molecule has 1 fully saturated rings. The summed E-state index contributed by atoms with van der Waals surface area (Å²) in [5, 5.41) is 3.12. The highest BCUT2D eigenvalue weighted by Gasteiger charge is 2.37. The van der Waals surface area contributed by atoms with Gasteiger partial charge in [0.15, 0.2) is 12.4 Å². The van der Waals surface area contributed by atoms with Crippen LogP contribution in [-0.4, -0.2) is 36.7 Å². The zero-order chi connectivity index (χ0) is 21.8. The van der Waals surface area contributed by atoms with Gasteiger partial charge >= 0.3 is 5.97 Å². The van der Waals surface area contributed by atoms with Crippen LogP contribution in [0.3, 0.4) is 0 Å². The number of nitrogens with one attached hydrogen (secondary N) is 1. The Hall–Kier alpha value is -3.19. The van der Waals surface area contributed by atoms with E-state index in [1.54, 1.807) is 42.5 Å². The highest BCUT2D eigenvalue weighted by molar-refractivity contribution is 6.31. The van der Waals surface area contributed by atoms with E-state index in [0.717, 1.165) is 5.56 Å². The summed E-state index contributed by atoms with van der Waals surface area (Å²) in [5.74, 6) is -2.13. The van der Waals surface area contributed by atoms with E-state index in [1.807, 2.05) is 6.92 Å². The van der Waals surface area contributed by atoms with Crippen LogP contribution in [0.2, 0.25) is 5.02 Å². The molecular formula is C22H21ClN2O5. The van der Waals surface area contributed by atoms with E-state index in [1.165, 1.54) is 11.8 Å². The lowest BCUT2D eigenvalue weighted by Crippen LogP contribution is -2.28. The third-order valence-corrected chi connectivity index (χ3v) is 5.30. The van der Waals surface area contributed by atoms with Crippen LogP contribution in [-0.2, 0) is 19.1 Å². The van der Waals surface area contributed by atoms with Crippen LogP contribution < -0.4 is 10.2 Å². The van der Waals surface area contributed by atoms with E-state index in [4.69, 9.17) is 16.3 Å². The highest BCUT2D eigenvalue weighted by Crippen LogP contribution is 2.31. The van der Waals surface area contributed by atoms with Crippen LogP contribution in [0.25, 0.3) is 0 Å². The van der Waals surface area contributed by atoms with Crippen molar-refractivity contribution in [3.8, 4) is 0 Å². The highest BCUT2D eigenvalue weighted by atomic mass is 35.5. The van der Waals surface area contributed by atoms with Crippen LogP contribution in [0.4, 0.5) is 11.4 Å². The van der Waals surface area contributed by atoms with Crippen LogP contribution in [0.15, 0.2) is 42.5 Å². The van der Waals surface area contributed by atoms with Crippen molar-refractivity contribution in [3.63, 3.8) is 0 Å². The summed E-state index contributed by atoms with van der Waals surface area (Å²) in [6.45, 7) is 2.92. The van der Waals surface area contributed by atoms with E-state index in [-0.39, 0.29) is 24.7 Å². The summed E-state index contributed by atoms with van der Waals surface area (Å²) in [7, 11) is 0. The Balaban J connectivity index is 1.56. The van der Waals surface area contributed by atoms with Gasteiger partial charge in [0.05, 0.1) is 5.92 Å². The topological polar surface area (TPSA) is 92.8 Å². The average Bonchev–Trinajstić information content (AvgIpc) is 3.10. The van der Waals surface area contributed by atoms with Gasteiger partial charge in [0.25, 0.3) is 5.91 Å². The molecule has 8 heteroatoms. The molecule has 1 N–H and O–H groups in total. The Morgan fingerprint density at radius 3 is 2.67 bits per heavy atom. The van der Waals surface area contributed by atoms with Gasteiger partial charge in [-0.2, -0.15) is 0 Å². The Labute approximate surface area is 179 Å². The van der Waals surface area contributed by atoms with Gasteiger partial charge in [-0.3, -0.25) is 19.2 Å². The summed E-state index contributed by atoms with van der Waals surface area (Å²) in [5.41, 5.74) is 2.31. The molecule has 30 heavy (non-hydrogen) atoms. The first-order valence-electron chi connectivity index (χ1n) is 9.39. The molecule has 7 nitrogen and oxygen atoms in total. The first-order chi connectivity index (χ1) is 14.3. The minimum absolute atomic E-state index is 0.00701. The lowest BCUT2D eigenvalue weighted by atomic mass is 10.1. The molecule has 2 amide bonds. The minimum atomic E-state index is -0.662. The first-order valence-corrected chi connectivity index (χ1v) is 9.77. The maximum atomic E-state index is 12.4. The molecule has 0 aliphatic carbocycles. The smallest absolute Gasteiger partial charge is 0.311 e. The van der Waals surface area contributed by atoms with Gasteiger partial charge < -0.3 is 15.0 Å². The zero-order valence-corrected chi connectivity index (χ0v) is 17.4. The summed E-state index contributed by atoms with van der Waals surface area (Å²) in [6.07, 6.45) is 0.00701. The van der Waals surface area contributed by atoms with Gasteiger partial charge in [0.1, 0.15) is 0 Å². The fraction of sp³-hybridized carbons (Fsp3) is 0.273. The number of hydrogen-bond donors (Lipinski definition) is 1. The maximum absolute atomic E-state index is 12.4. The van der Waals surface area contributed by atoms with Crippen molar-refractivity contribution < 1.29 is 23.9 Å². The molecule has 0 bridgehead atoms. The van der Waals surface area contributed by atoms with Crippen LogP contribution in [0, 0.1) is 12.8 Å². The number of esters is 1. The van der Waals surface area contributed by atoms with Crippen LogP contribution >= 0.6 is 11.6 Å². The molecule has 1 aliphatic rings. The molecule has 156 valence electrons. The molecule has 1 atom stereocenters. The van der Waals surface area contributed by atoms with Gasteiger partial charge in [-0.25, -0.2) is 0 Å². The second-order valence-electron chi connectivity index (χ2n) is 7.08. The monoisotopic (exact) mass is 428 g/mol. The van der Waals surface area contributed by atoms with E-state index < -0.39 is 24.4 Å². The number of rotatable bonds is 6. The largest absolute Gasteiger partial charge is 0.455 e. The number of benzene rings is 2. The lowest BCUT2D eigenvalue weighted by Gasteiger charge is -2.19. The van der Waals surface area contributed by atoms with E-state index in [9.17, 15) is 19.2 Å². The summed E-state index contributed by atoms with van der Waals surface area (Å²) in [6, 6.07) is 11.7. The molecule has 0 saturated carbocycles. The second-order valence-corrected chi connectivity index (χ2v) is 7.49. The number of ketones is 1. The fourth-order valence-electron chi connectivity index (χ4n) is 3.25. The number of amides is 2. The number of anilines is 2. The van der Waals surface area contributed by atoms with Gasteiger partial charge in [0, 0.05) is 34.9 Å². The summed E-state index contributed by atoms with van der Waals surface area (Å²) < 4.78 is 5.10. The first kappa shape index (κ1) is 21.5. The predicted octanol–water partition coefficient (Wildman–Crippen LogP) is 3.39. The predicted molar refractivity (Wildman–Crippen MR) is 113 cm³/mol. The molecule has 2 aromatic carbocycles. The molecule has 1 aliphatic heterocycles. The van der Waals surface area contributed by atoms with Gasteiger partial charge in [-0.1, -0.05) is 29.8 Å². The van der Waals surface area contributed by atoms with E-state index in [0.29, 0.717) is 22.0 Å². The standard InChI is InChI=1S/C22H21ClN2O5/c1-13-18(23)7-4-8-19(13)25-11-16(10-21(25)28)22(29)30-12-20(27)24-17-6-3-5-15(9-17)14(2)26/h3-9,16H,10-12H2,1-2H3,(H,24,27)/t16-/m0/s1. The van der Waals surface area contributed by atoms with Crippen molar-refractivity contribution >= 4 is 46.5 Å². The molecule has 1 heterocycles.